The standard InChI is InChI=1S/C54H38N4O2/c1-59-38-22-12-20-36(30-38)50-43-26-24-41(55-43)49(34-16-8-4-9-17-34)42-25-27-45(56-42)51(37-21-13-23-39(31-37)60-2)47-32-40-48(33-14-6-3-7-15-33)52(35-18-10-5-11-19-35)53(54(40)58-47)46-29-28-44(50)57-46/h3-32,55,58H,1-2H3. The molecule has 0 atom stereocenters. The Morgan fingerprint density at radius 2 is 0.800 bits per heavy atom. The molecule has 0 saturated carbocycles. The molecular formula is C54H38N4O2. The second-order valence-electron chi connectivity index (χ2n) is 15.0. The molecule has 0 spiro atoms. The molecule has 60 heavy (non-hydrogen) atoms. The number of H-pyrrole nitrogens is 2. The van der Waals surface area contributed by atoms with Crippen molar-refractivity contribution in [3.63, 3.8) is 0 Å². The molecule has 11 rings (SSSR count). The molecule has 1 aliphatic carbocycles. The molecule has 8 aromatic rings. The van der Waals surface area contributed by atoms with Gasteiger partial charge in [0.2, 0.25) is 0 Å². The van der Waals surface area contributed by atoms with Gasteiger partial charge in [0.05, 0.1) is 42.5 Å². The van der Waals surface area contributed by atoms with Crippen molar-refractivity contribution in [1.82, 2.24) is 19.9 Å². The summed E-state index contributed by atoms with van der Waals surface area (Å²) < 4.78 is 11.5. The first-order chi connectivity index (χ1) is 29.6. The topological polar surface area (TPSA) is 75.8 Å². The van der Waals surface area contributed by atoms with E-state index in [1.807, 2.05) is 30.3 Å². The monoisotopic (exact) mass is 774 g/mol. The third-order valence-corrected chi connectivity index (χ3v) is 11.5. The first kappa shape index (κ1) is 35.2. The van der Waals surface area contributed by atoms with E-state index >= 15 is 0 Å². The van der Waals surface area contributed by atoms with Crippen molar-refractivity contribution in [2.45, 2.75) is 0 Å². The summed E-state index contributed by atoms with van der Waals surface area (Å²) in [7, 11) is 3.41. The summed E-state index contributed by atoms with van der Waals surface area (Å²) in [6.45, 7) is 0. The van der Waals surface area contributed by atoms with Gasteiger partial charge >= 0.3 is 0 Å². The Morgan fingerprint density at radius 3 is 1.32 bits per heavy atom. The zero-order chi connectivity index (χ0) is 40.2. The summed E-state index contributed by atoms with van der Waals surface area (Å²) in [6.07, 6.45) is 8.56. The van der Waals surface area contributed by atoms with Crippen LogP contribution in [0.25, 0.3) is 90.9 Å². The Balaban J connectivity index is 1.35. The van der Waals surface area contributed by atoms with Gasteiger partial charge in [-0.25, -0.2) is 9.97 Å². The van der Waals surface area contributed by atoms with Crippen LogP contribution in [-0.2, 0) is 0 Å². The van der Waals surface area contributed by atoms with Crippen LogP contribution in [0.2, 0.25) is 0 Å². The highest BCUT2D eigenvalue weighted by atomic mass is 16.5. The smallest absolute Gasteiger partial charge is 0.119 e. The van der Waals surface area contributed by atoms with Crippen molar-refractivity contribution in [2.24, 2.45) is 0 Å². The summed E-state index contributed by atoms with van der Waals surface area (Å²) >= 11 is 0. The lowest BCUT2D eigenvalue weighted by Crippen LogP contribution is -1.94. The first-order valence-electron chi connectivity index (χ1n) is 20.1. The van der Waals surface area contributed by atoms with Crippen LogP contribution >= 0.6 is 0 Å². The predicted octanol–water partition coefficient (Wildman–Crippen LogP) is 13.0. The number of hydrogen-bond donors (Lipinski definition) is 2. The molecule has 0 unspecified atom stereocenters. The summed E-state index contributed by atoms with van der Waals surface area (Å²) in [5, 5.41) is 0. The molecule has 5 heterocycles. The number of hydrogen-bond acceptors (Lipinski definition) is 4. The van der Waals surface area contributed by atoms with Gasteiger partial charge in [0, 0.05) is 49.9 Å². The number of aromatic nitrogens is 4. The van der Waals surface area contributed by atoms with Crippen LogP contribution in [0.3, 0.4) is 0 Å². The zero-order valence-corrected chi connectivity index (χ0v) is 33.0. The second kappa shape index (κ2) is 14.5. The number of nitrogens with one attached hydrogen (secondary N) is 2. The lowest BCUT2D eigenvalue weighted by Gasteiger charge is -2.12. The molecule has 0 saturated heterocycles. The highest BCUT2D eigenvalue weighted by molar-refractivity contribution is 6.18. The van der Waals surface area contributed by atoms with Gasteiger partial charge in [-0.05, 0) is 100 Å². The molecule has 0 fully saturated rings. The maximum absolute atomic E-state index is 5.78. The minimum Gasteiger partial charge on any atom is -0.497 e. The SMILES string of the molecule is COc1cccc(-c2c3nc(c4c5[nH]c(cc5C(c5ccccc5)=C4c4ccccc4)c(-c4cccc(OC)c4)c4nc(c(-c5ccccc5)c5ccc2[nH]5)C=C4)C=C3)c1. The van der Waals surface area contributed by atoms with Gasteiger partial charge in [0.1, 0.15) is 11.5 Å². The van der Waals surface area contributed by atoms with Gasteiger partial charge in [0.15, 0.2) is 0 Å². The van der Waals surface area contributed by atoms with Gasteiger partial charge in [-0.15, -0.1) is 0 Å². The summed E-state index contributed by atoms with van der Waals surface area (Å²) in [5.41, 5.74) is 19.9. The number of methoxy groups -OCH3 is 2. The van der Waals surface area contributed by atoms with Crippen molar-refractivity contribution >= 4 is 57.5 Å². The van der Waals surface area contributed by atoms with Crippen molar-refractivity contribution in [3.8, 4) is 44.9 Å². The fraction of sp³-hybridized carbons (Fsp3) is 0.0370. The fourth-order valence-corrected chi connectivity index (χ4v) is 8.88. The molecule has 8 bridgehead atoms. The van der Waals surface area contributed by atoms with E-state index in [9.17, 15) is 0 Å². The summed E-state index contributed by atoms with van der Waals surface area (Å²) in [6, 6.07) is 54.8. The Kier molecular flexibility index (Phi) is 8.48. The quantitative estimate of drug-likeness (QED) is 0.169. The van der Waals surface area contributed by atoms with Crippen molar-refractivity contribution < 1.29 is 9.47 Å². The minimum absolute atomic E-state index is 0.772. The maximum Gasteiger partial charge on any atom is 0.119 e. The summed E-state index contributed by atoms with van der Waals surface area (Å²) in [4.78, 5) is 18.9. The third kappa shape index (κ3) is 5.88. The van der Waals surface area contributed by atoms with Crippen molar-refractivity contribution in [1.29, 1.82) is 0 Å². The molecule has 2 aliphatic heterocycles. The van der Waals surface area contributed by atoms with Gasteiger partial charge in [0.25, 0.3) is 0 Å². The highest BCUT2D eigenvalue weighted by Gasteiger charge is 2.30. The first-order valence-corrected chi connectivity index (χ1v) is 20.1. The number of nitrogens with zero attached hydrogens (tertiary/aromatic N) is 2. The third-order valence-electron chi connectivity index (χ3n) is 11.5. The van der Waals surface area contributed by atoms with E-state index in [4.69, 9.17) is 19.4 Å². The largest absolute Gasteiger partial charge is 0.497 e. The lowest BCUT2D eigenvalue weighted by molar-refractivity contribution is 0.415. The predicted molar refractivity (Wildman–Crippen MR) is 246 cm³/mol. The molecule has 286 valence electrons. The minimum atomic E-state index is 0.772. The molecule has 6 heteroatoms. The lowest BCUT2D eigenvalue weighted by atomic mass is 9.91. The highest BCUT2D eigenvalue weighted by Crippen LogP contribution is 2.49. The van der Waals surface area contributed by atoms with E-state index < -0.39 is 0 Å². The van der Waals surface area contributed by atoms with Crippen molar-refractivity contribution in [2.75, 3.05) is 14.2 Å². The molecule has 3 aromatic heterocycles. The molecule has 3 aliphatic rings. The Hall–Kier alpha value is -7.96. The molecule has 2 N–H and O–H groups in total. The van der Waals surface area contributed by atoms with Crippen molar-refractivity contribution in [3.05, 3.63) is 203 Å². The second-order valence-corrected chi connectivity index (χ2v) is 15.0. The number of rotatable bonds is 7. The van der Waals surface area contributed by atoms with E-state index in [2.05, 4.69) is 162 Å². The van der Waals surface area contributed by atoms with E-state index in [1.165, 1.54) is 0 Å². The Morgan fingerprint density at radius 1 is 0.367 bits per heavy atom. The Labute approximate surface area is 347 Å². The molecule has 0 radical (unpaired) electrons. The Bertz CT molecular complexity index is 3260. The molecule has 6 nitrogen and oxygen atoms in total. The summed E-state index contributed by atoms with van der Waals surface area (Å²) in [5.74, 6) is 1.54. The van der Waals surface area contributed by atoms with E-state index in [1.54, 1.807) is 14.2 Å². The van der Waals surface area contributed by atoms with Crippen LogP contribution in [0.1, 0.15) is 45.0 Å². The van der Waals surface area contributed by atoms with Gasteiger partial charge < -0.3 is 19.4 Å². The van der Waals surface area contributed by atoms with Gasteiger partial charge in [-0.3, -0.25) is 0 Å². The number of ether oxygens (including phenoxy) is 2. The number of aromatic amines is 2. The molecule has 5 aromatic carbocycles. The van der Waals surface area contributed by atoms with Crippen LogP contribution in [0.5, 0.6) is 11.5 Å². The van der Waals surface area contributed by atoms with Crippen LogP contribution in [0, 0.1) is 0 Å². The van der Waals surface area contributed by atoms with E-state index in [0.29, 0.717) is 0 Å². The maximum atomic E-state index is 5.78. The average Bonchev–Trinajstić information content (AvgIpc) is 4.16. The van der Waals surface area contributed by atoms with Gasteiger partial charge in [-0.2, -0.15) is 0 Å². The molecule has 0 amide bonds. The fourth-order valence-electron chi connectivity index (χ4n) is 8.88. The van der Waals surface area contributed by atoms with Gasteiger partial charge in [-0.1, -0.05) is 115 Å². The van der Waals surface area contributed by atoms with Crippen LogP contribution in [0.15, 0.2) is 158 Å². The molecular weight excluding hydrogens is 737 g/mol. The van der Waals surface area contributed by atoms with Crippen LogP contribution < -0.4 is 9.47 Å². The average molecular weight is 775 g/mol. The van der Waals surface area contributed by atoms with E-state index in [-0.39, 0.29) is 0 Å². The number of fused-ring (bicyclic) bond motifs is 8. The van der Waals surface area contributed by atoms with Crippen LogP contribution in [-0.4, -0.2) is 34.2 Å². The zero-order valence-electron chi connectivity index (χ0n) is 33.0. The number of benzene rings is 5. The van der Waals surface area contributed by atoms with Crippen LogP contribution in [0.4, 0.5) is 0 Å². The van der Waals surface area contributed by atoms with E-state index in [0.717, 1.165) is 123 Å². The normalized spacial score (nSPS) is 12.6.